The molecule has 26 heavy (non-hydrogen) atoms. The van der Waals surface area contributed by atoms with Gasteiger partial charge >= 0.3 is 0 Å². The zero-order valence-electron chi connectivity index (χ0n) is 16.0. The molecule has 1 N–H and O–H groups in total. The maximum absolute atomic E-state index is 4.53. The molecule has 0 saturated carbocycles. The van der Waals surface area contributed by atoms with Crippen molar-refractivity contribution in [1.29, 1.82) is 0 Å². The van der Waals surface area contributed by atoms with E-state index in [1.54, 1.807) is 0 Å². The molecule has 2 aliphatic heterocycles. The molecule has 4 rings (SSSR count). The van der Waals surface area contributed by atoms with Crippen molar-refractivity contribution < 1.29 is 0 Å². The highest BCUT2D eigenvalue weighted by Crippen LogP contribution is 2.26. The molecule has 0 atom stereocenters. The van der Waals surface area contributed by atoms with Gasteiger partial charge in [0.1, 0.15) is 0 Å². The van der Waals surface area contributed by atoms with Crippen molar-refractivity contribution in [2.24, 2.45) is 5.10 Å². The van der Waals surface area contributed by atoms with E-state index in [1.165, 1.54) is 44.5 Å². The summed E-state index contributed by atoms with van der Waals surface area (Å²) in [5, 5.41) is 4.53. The minimum absolute atomic E-state index is 0.857. The average Bonchev–Trinajstić information content (AvgIpc) is 3.00. The van der Waals surface area contributed by atoms with Crippen LogP contribution in [0.5, 0.6) is 0 Å². The number of nitrogens with one attached hydrogen (secondary N) is 1. The molecule has 0 amide bonds. The summed E-state index contributed by atoms with van der Waals surface area (Å²) >= 11 is 0. The Morgan fingerprint density at radius 3 is 2.12 bits per heavy atom. The summed E-state index contributed by atoms with van der Waals surface area (Å²) in [6, 6.07) is 17.1. The van der Waals surface area contributed by atoms with Gasteiger partial charge in [-0.05, 0) is 25.0 Å². The Kier molecular flexibility index (Phi) is 6.11. The second kappa shape index (κ2) is 8.70. The van der Waals surface area contributed by atoms with Gasteiger partial charge in [0.25, 0.3) is 0 Å². The second-order valence-corrected chi connectivity index (χ2v) is 6.54. The fourth-order valence-corrected chi connectivity index (χ4v) is 3.58. The van der Waals surface area contributed by atoms with Crippen LogP contribution in [0.1, 0.15) is 56.2 Å². The Balaban J connectivity index is 0.000000948. The lowest BCUT2D eigenvalue weighted by atomic mass is 9.95. The molecule has 0 radical (unpaired) electrons. The first kappa shape index (κ1) is 18.2. The third-order valence-corrected chi connectivity index (χ3v) is 4.92. The van der Waals surface area contributed by atoms with Crippen molar-refractivity contribution in [2.45, 2.75) is 39.5 Å². The fraction of sp³-hybridized carbons (Fsp3) is 0.348. The van der Waals surface area contributed by atoms with E-state index in [2.05, 4.69) is 64.5 Å². The van der Waals surface area contributed by atoms with E-state index < -0.39 is 0 Å². The largest absolute Gasteiger partial charge is 0.372 e. The monoisotopic (exact) mass is 347 g/mol. The molecule has 0 aliphatic carbocycles. The first-order valence-electron chi connectivity index (χ1n) is 9.81. The highest BCUT2D eigenvalue weighted by atomic mass is 15.3. The van der Waals surface area contributed by atoms with Gasteiger partial charge < -0.3 is 4.90 Å². The van der Waals surface area contributed by atoms with E-state index in [1.807, 2.05) is 19.9 Å². The molecule has 3 heteroatoms. The molecule has 1 saturated heterocycles. The smallest absolute Gasteiger partial charge is 0.0984 e. The molecule has 136 valence electrons. The number of hydrogen-bond donors (Lipinski definition) is 1. The highest BCUT2D eigenvalue weighted by molar-refractivity contribution is 6.16. The van der Waals surface area contributed by atoms with Crippen LogP contribution in [0.2, 0.25) is 0 Å². The summed E-state index contributed by atoms with van der Waals surface area (Å²) in [5.41, 5.74) is 9.63. The number of anilines is 1. The van der Waals surface area contributed by atoms with Crippen LogP contribution in [0.4, 0.5) is 5.69 Å². The van der Waals surface area contributed by atoms with Crippen molar-refractivity contribution in [3.8, 4) is 0 Å². The van der Waals surface area contributed by atoms with Gasteiger partial charge in [0.15, 0.2) is 0 Å². The van der Waals surface area contributed by atoms with Gasteiger partial charge in [0.05, 0.1) is 11.4 Å². The molecule has 0 aromatic heterocycles. The van der Waals surface area contributed by atoms with E-state index in [-0.39, 0.29) is 0 Å². The molecule has 0 unspecified atom stereocenters. The average molecular weight is 348 g/mol. The van der Waals surface area contributed by atoms with Crippen molar-refractivity contribution in [2.75, 3.05) is 18.0 Å². The van der Waals surface area contributed by atoms with Gasteiger partial charge in [-0.2, -0.15) is 5.10 Å². The van der Waals surface area contributed by atoms with E-state index in [0.29, 0.717) is 0 Å². The number of benzene rings is 2. The summed E-state index contributed by atoms with van der Waals surface area (Å²) in [4.78, 5) is 2.51. The Hall–Kier alpha value is -2.55. The summed E-state index contributed by atoms with van der Waals surface area (Å²) in [6.45, 7) is 10.4. The summed E-state index contributed by atoms with van der Waals surface area (Å²) < 4.78 is 0. The van der Waals surface area contributed by atoms with Crippen LogP contribution in [0.25, 0.3) is 5.70 Å². The van der Waals surface area contributed by atoms with Crippen LogP contribution >= 0.6 is 0 Å². The minimum Gasteiger partial charge on any atom is -0.372 e. The number of nitrogens with zero attached hydrogens (tertiary/aromatic N) is 2. The van der Waals surface area contributed by atoms with Crippen LogP contribution in [0, 0.1) is 0 Å². The molecule has 2 aromatic rings. The zero-order chi connectivity index (χ0) is 18.4. The number of fused-ring (bicyclic) bond motifs is 1. The standard InChI is InChI=1S/C21H23N3.C2H6/c1-16-19-8-4-5-9-20(19)21(23-22-16)17-10-12-18(13-11-17)24-14-6-2-3-7-15-24;1-2/h4-5,8-13,22H,1-3,6-7,14-15H2;1-2H3. The summed E-state index contributed by atoms with van der Waals surface area (Å²) in [6.07, 6.45) is 5.32. The van der Waals surface area contributed by atoms with Gasteiger partial charge in [-0.1, -0.05) is 69.7 Å². The maximum atomic E-state index is 4.53. The van der Waals surface area contributed by atoms with E-state index in [9.17, 15) is 0 Å². The Bertz CT molecular complexity index is 766. The normalized spacial score (nSPS) is 16.5. The Labute approximate surface area is 157 Å². The van der Waals surface area contributed by atoms with Gasteiger partial charge in [-0.3, -0.25) is 5.43 Å². The topological polar surface area (TPSA) is 27.6 Å². The molecule has 2 aromatic carbocycles. The third-order valence-electron chi connectivity index (χ3n) is 4.92. The number of rotatable bonds is 2. The first-order valence-corrected chi connectivity index (χ1v) is 9.81. The van der Waals surface area contributed by atoms with Crippen LogP contribution in [0.3, 0.4) is 0 Å². The molecular weight excluding hydrogens is 318 g/mol. The quantitative estimate of drug-likeness (QED) is 0.785. The van der Waals surface area contributed by atoms with E-state index in [0.717, 1.165) is 28.1 Å². The van der Waals surface area contributed by atoms with Crippen molar-refractivity contribution in [1.82, 2.24) is 5.43 Å². The van der Waals surface area contributed by atoms with Gasteiger partial charge in [-0.15, -0.1) is 0 Å². The molecule has 3 nitrogen and oxygen atoms in total. The van der Waals surface area contributed by atoms with Gasteiger partial charge in [0.2, 0.25) is 0 Å². The summed E-state index contributed by atoms with van der Waals surface area (Å²) in [5.74, 6) is 0. The minimum atomic E-state index is 0.857. The van der Waals surface area contributed by atoms with Gasteiger partial charge in [-0.25, -0.2) is 0 Å². The Morgan fingerprint density at radius 1 is 0.846 bits per heavy atom. The Morgan fingerprint density at radius 2 is 1.46 bits per heavy atom. The molecule has 0 bridgehead atoms. The first-order chi connectivity index (χ1) is 12.8. The molecule has 0 spiro atoms. The predicted molar refractivity (Wildman–Crippen MR) is 113 cm³/mol. The molecule has 2 aliphatic rings. The SMILES string of the molecule is C=C1NN=C(c2ccc(N3CCCCCC3)cc2)c2ccccc21.CC. The van der Waals surface area contributed by atoms with Crippen LogP contribution in [-0.2, 0) is 0 Å². The molecule has 1 fully saturated rings. The van der Waals surface area contributed by atoms with Crippen molar-refractivity contribution >= 4 is 17.1 Å². The lowest BCUT2D eigenvalue weighted by molar-refractivity contribution is 0.726. The zero-order valence-corrected chi connectivity index (χ0v) is 16.0. The molecule has 2 heterocycles. The molecular formula is C23H29N3. The van der Waals surface area contributed by atoms with Gasteiger partial charge in [0, 0.05) is 35.5 Å². The lowest BCUT2D eigenvalue weighted by Crippen LogP contribution is -2.24. The van der Waals surface area contributed by atoms with Crippen LogP contribution in [-0.4, -0.2) is 18.8 Å². The van der Waals surface area contributed by atoms with E-state index >= 15 is 0 Å². The van der Waals surface area contributed by atoms with Crippen molar-refractivity contribution in [3.05, 3.63) is 71.8 Å². The predicted octanol–water partition coefficient (Wildman–Crippen LogP) is 5.42. The lowest BCUT2D eigenvalue weighted by Gasteiger charge is -2.23. The highest BCUT2D eigenvalue weighted by Gasteiger charge is 2.18. The maximum Gasteiger partial charge on any atom is 0.0984 e. The van der Waals surface area contributed by atoms with Crippen LogP contribution in [0.15, 0.2) is 60.2 Å². The number of hydrogen-bond acceptors (Lipinski definition) is 3. The van der Waals surface area contributed by atoms with Crippen molar-refractivity contribution in [3.63, 3.8) is 0 Å². The third kappa shape index (κ3) is 3.82. The number of hydrazone groups is 1. The fourth-order valence-electron chi connectivity index (χ4n) is 3.58. The second-order valence-electron chi connectivity index (χ2n) is 6.54. The summed E-state index contributed by atoms with van der Waals surface area (Å²) in [7, 11) is 0. The van der Waals surface area contributed by atoms with E-state index in [4.69, 9.17) is 0 Å². The van der Waals surface area contributed by atoms with Crippen LogP contribution < -0.4 is 10.3 Å².